The van der Waals surface area contributed by atoms with Crippen molar-refractivity contribution in [2.24, 2.45) is 0 Å². The molecule has 1 unspecified atom stereocenters. The first-order chi connectivity index (χ1) is 10.7. The van der Waals surface area contributed by atoms with Crippen LogP contribution in [0.2, 0.25) is 0 Å². The summed E-state index contributed by atoms with van der Waals surface area (Å²) in [5.74, 6) is 0.00463. The van der Waals surface area contributed by atoms with Gasteiger partial charge in [0.2, 0.25) is 0 Å². The highest BCUT2D eigenvalue weighted by molar-refractivity contribution is 9.09. The summed E-state index contributed by atoms with van der Waals surface area (Å²) in [6.07, 6.45) is 16.4. The summed E-state index contributed by atoms with van der Waals surface area (Å²) in [6.45, 7) is 4.45. The second-order valence-corrected chi connectivity index (χ2v) is 7.10. The van der Waals surface area contributed by atoms with Gasteiger partial charge in [-0.15, -0.1) is 0 Å². The highest BCUT2D eigenvalue weighted by Crippen LogP contribution is 2.16. The van der Waals surface area contributed by atoms with Gasteiger partial charge in [0.25, 0.3) is 0 Å². The number of unbranched alkanes of at least 4 members (excludes halogenated alkanes) is 8. The Labute approximate surface area is 146 Å². The molecular formula is C19H37BrO2. The van der Waals surface area contributed by atoms with Gasteiger partial charge in [-0.25, -0.2) is 0 Å². The molecule has 0 aromatic carbocycles. The average Bonchev–Trinajstić information content (AvgIpc) is 2.51. The summed E-state index contributed by atoms with van der Waals surface area (Å²) in [6, 6.07) is 0. The molecule has 1 atom stereocenters. The monoisotopic (exact) mass is 376 g/mol. The van der Waals surface area contributed by atoms with Crippen LogP contribution in [-0.4, -0.2) is 17.4 Å². The first-order valence-corrected chi connectivity index (χ1v) is 10.6. The molecule has 0 bridgehead atoms. The first kappa shape index (κ1) is 21.9. The standard InChI is InChI=1S/C19H37BrO2/c1-3-5-7-8-9-10-11-15-18(14-6-4-2)22-19(21)16-12-13-17-20/h18H,3-17H2,1-2H3. The predicted molar refractivity (Wildman–Crippen MR) is 99.7 cm³/mol. The van der Waals surface area contributed by atoms with Crippen molar-refractivity contribution in [3.63, 3.8) is 0 Å². The zero-order valence-electron chi connectivity index (χ0n) is 14.9. The van der Waals surface area contributed by atoms with Crippen LogP contribution in [0.5, 0.6) is 0 Å². The van der Waals surface area contributed by atoms with Crippen LogP contribution in [0.25, 0.3) is 0 Å². The Kier molecular flexibility index (Phi) is 17.3. The third-order valence-corrected chi connectivity index (χ3v) is 4.63. The lowest BCUT2D eigenvalue weighted by Gasteiger charge is -2.18. The molecule has 0 aliphatic heterocycles. The fourth-order valence-electron chi connectivity index (χ4n) is 2.63. The second-order valence-electron chi connectivity index (χ2n) is 6.31. The topological polar surface area (TPSA) is 26.3 Å². The number of rotatable bonds is 16. The molecule has 0 radical (unpaired) electrons. The van der Waals surface area contributed by atoms with E-state index in [0.717, 1.165) is 37.4 Å². The lowest BCUT2D eigenvalue weighted by atomic mass is 10.0. The lowest BCUT2D eigenvalue weighted by Crippen LogP contribution is -2.18. The summed E-state index contributed by atoms with van der Waals surface area (Å²) in [5, 5.41) is 0.970. The molecule has 132 valence electrons. The van der Waals surface area contributed by atoms with Gasteiger partial charge in [0.1, 0.15) is 6.10 Å². The van der Waals surface area contributed by atoms with E-state index in [9.17, 15) is 4.79 Å². The van der Waals surface area contributed by atoms with Crippen LogP contribution in [0.4, 0.5) is 0 Å². The van der Waals surface area contributed by atoms with Crippen molar-refractivity contribution < 1.29 is 9.53 Å². The normalized spacial score (nSPS) is 12.3. The number of carbonyl (C=O) groups excluding carboxylic acids is 1. The Morgan fingerprint density at radius 1 is 0.818 bits per heavy atom. The van der Waals surface area contributed by atoms with Crippen LogP contribution in [0.1, 0.15) is 104 Å². The van der Waals surface area contributed by atoms with E-state index >= 15 is 0 Å². The molecule has 0 N–H and O–H groups in total. The second kappa shape index (κ2) is 17.3. The zero-order chi connectivity index (χ0) is 16.5. The van der Waals surface area contributed by atoms with Gasteiger partial charge >= 0.3 is 5.97 Å². The van der Waals surface area contributed by atoms with Crippen molar-refractivity contribution in [2.45, 2.75) is 110 Å². The minimum absolute atomic E-state index is 0.00463. The van der Waals surface area contributed by atoms with Crippen molar-refractivity contribution in [1.82, 2.24) is 0 Å². The molecule has 0 aliphatic carbocycles. The fourth-order valence-corrected chi connectivity index (χ4v) is 3.03. The van der Waals surface area contributed by atoms with E-state index in [1.807, 2.05) is 0 Å². The van der Waals surface area contributed by atoms with E-state index in [4.69, 9.17) is 4.74 Å². The molecule has 0 spiro atoms. The van der Waals surface area contributed by atoms with E-state index in [2.05, 4.69) is 29.8 Å². The van der Waals surface area contributed by atoms with Crippen LogP contribution in [-0.2, 0) is 9.53 Å². The SMILES string of the molecule is CCCCCCCCCC(CCCC)OC(=O)CCCCBr. The quantitative estimate of drug-likeness (QED) is 0.168. The highest BCUT2D eigenvalue weighted by Gasteiger charge is 2.13. The Balaban J connectivity index is 3.79. The number of ether oxygens (including phenoxy) is 1. The van der Waals surface area contributed by atoms with Gasteiger partial charge in [-0.05, 0) is 32.1 Å². The van der Waals surface area contributed by atoms with Gasteiger partial charge < -0.3 is 4.74 Å². The summed E-state index contributed by atoms with van der Waals surface area (Å²) in [4.78, 5) is 11.9. The molecule has 0 saturated heterocycles. The van der Waals surface area contributed by atoms with E-state index in [1.54, 1.807) is 0 Å². The maximum Gasteiger partial charge on any atom is 0.306 e. The minimum Gasteiger partial charge on any atom is -0.462 e. The highest BCUT2D eigenvalue weighted by atomic mass is 79.9. The third kappa shape index (κ3) is 14.9. The van der Waals surface area contributed by atoms with Crippen LogP contribution >= 0.6 is 15.9 Å². The van der Waals surface area contributed by atoms with Gasteiger partial charge in [-0.2, -0.15) is 0 Å². The van der Waals surface area contributed by atoms with E-state index in [1.165, 1.54) is 51.4 Å². The first-order valence-electron chi connectivity index (χ1n) is 9.50. The van der Waals surface area contributed by atoms with E-state index in [0.29, 0.717) is 6.42 Å². The van der Waals surface area contributed by atoms with Gasteiger partial charge in [-0.1, -0.05) is 81.1 Å². The summed E-state index contributed by atoms with van der Waals surface area (Å²) < 4.78 is 5.69. The Morgan fingerprint density at radius 3 is 2.05 bits per heavy atom. The summed E-state index contributed by atoms with van der Waals surface area (Å²) in [5.41, 5.74) is 0. The maximum absolute atomic E-state index is 11.9. The van der Waals surface area contributed by atoms with Crippen molar-refractivity contribution >= 4 is 21.9 Å². The number of alkyl halides is 1. The molecule has 0 aromatic heterocycles. The summed E-state index contributed by atoms with van der Waals surface area (Å²) >= 11 is 3.40. The largest absolute Gasteiger partial charge is 0.462 e. The Hall–Kier alpha value is -0.0500. The Morgan fingerprint density at radius 2 is 1.41 bits per heavy atom. The lowest BCUT2D eigenvalue weighted by molar-refractivity contribution is -0.150. The number of hydrogen-bond donors (Lipinski definition) is 0. The van der Waals surface area contributed by atoms with Gasteiger partial charge in [0.05, 0.1) is 0 Å². The van der Waals surface area contributed by atoms with Crippen molar-refractivity contribution in [3.05, 3.63) is 0 Å². The van der Waals surface area contributed by atoms with Gasteiger partial charge in [0, 0.05) is 11.8 Å². The molecule has 0 fully saturated rings. The molecule has 3 heteroatoms. The smallest absolute Gasteiger partial charge is 0.306 e. The molecule has 0 saturated carbocycles. The molecule has 22 heavy (non-hydrogen) atoms. The zero-order valence-corrected chi connectivity index (χ0v) is 16.5. The van der Waals surface area contributed by atoms with Gasteiger partial charge in [0.15, 0.2) is 0 Å². The molecular weight excluding hydrogens is 340 g/mol. The minimum atomic E-state index is 0.00463. The van der Waals surface area contributed by atoms with Crippen molar-refractivity contribution in [3.8, 4) is 0 Å². The fraction of sp³-hybridized carbons (Fsp3) is 0.947. The van der Waals surface area contributed by atoms with Crippen LogP contribution in [0.3, 0.4) is 0 Å². The number of hydrogen-bond acceptors (Lipinski definition) is 2. The van der Waals surface area contributed by atoms with E-state index in [-0.39, 0.29) is 12.1 Å². The molecule has 0 rings (SSSR count). The van der Waals surface area contributed by atoms with Crippen molar-refractivity contribution in [2.75, 3.05) is 5.33 Å². The maximum atomic E-state index is 11.9. The number of carbonyl (C=O) groups is 1. The molecule has 0 heterocycles. The molecule has 0 aliphatic rings. The number of halogens is 1. The van der Waals surface area contributed by atoms with Crippen molar-refractivity contribution in [1.29, 1.82) is 0 Å². The molecule has 0 amide bonds. The third-order valence-electron chi connectivity index (χ3n) is 4.07. The van der Waals surface area contributed by atoms with Gasteiger partial charge in [-0.3, -0.25) is 4.79 Å². The van der Waals surface area contributed by atoms with Crippen LogP contribution in [0.15, 0.2) is 0 Å². The predicted octanol–water partition coefficient (Wildman–Crippen LogP) is 6.79. The van der Waals surface area contributed by atoms with Crippen LogP contribution in [0, 0.1) is 0 Å². The van der Waals surface area contributed by atoms with Crippen LogP contribution < -0.4 is 0 Å². The Bertz CT molecular complexity index is 244. The summed E-state index contributed by atoms with van der Waals surface area (Å²) in [7, 11) is 0. The molecule has 0 aromatic rings. The number of esters is 1. The average molecular weight is 377 g/mol. The van der Waals surface area contributed by atoms with E-state index < -0.39 is 0 Å². The molecule has 2 nitrogen and oxygen atoms in total.